The van der Waals surface area contributed by atoms with E-state index >= 15 is 0 Å². The predicted octanol–water partition coefficient (Wildman–Crippen LogP) is 2.50. The SMILES string of the molecule is CCOCc1nc(C2CCCN(C(=O)C3CCCC3)C2)no1. The number of ether oxygens (including phenoxy) is 1. The summed E-state index contributed by atoms with van der Waals surface area (Å²) in [6.07, 6.45) is 6.53. The number of carbonyl (C=O) groups is 1. The minimum atomic E-state index is 0.193. The molecule has 1 aliphatic carbocycles. The maximum Gasteiger partial charge on any atom is 0.252 e. The van der Waals surface area contributed by atoms with Gasteiger partial charge in [-0.05, 0) is 32.6 Å². The minimum Gasteiger partial charge on any atom is -0.372 e. The summed E-state index contributed by atoms with van der Waals surface area (Å²) in [6.45, 7) is 4.52. The zero-order valence-corrected chi connectivity index (χ0v) is 13.3. The molecule has 0 N–H and O–H groups in total. The Bertz CT molecular complexity index is 497. The molecule has 1 aliphatic heterocycles. The first-order valence-electron chi connectivity index (χ1n) is 8.47. The Balaban J connectivity index is 1.60. The number of carbonyl (C=O) groups excluding carboxylic acids is 1. The van der Waals surface area contributed by atoms with Gasteiger partial charge in [-0.1, -0.05) is 18.0 Å². The summed E-state index contributed by atoms with van der Waals surface area (Å²) < 4.78 is 10.5. The molecule has 6 heteroatoms. The molecular weight excluding hydrogens is 282 g/mol. The lowest BCUT2D eigenvalue weighted by atomic mass is 9.95. The fourth-order valence-corrected chi connectivity index (χ4v) is 3.50. The van der Waals surface area contributed by atoms with Crippen molar-refractivity contribution in [1.82, 2.24) is 15.0 Å². The number of aromatic nitrogens is 2. The van der Waals surface area contributed by atoms with Crippen LogP contribution in [-0.4, -0.2) is 40.6 Å². The lowest BCUT2D eigenvalue weighted by Gasteiger charge is -2.33. The molecule has 6 nitrogen and oxygen atoms in total. The third kappa shape index (κ3) is 3.48. The highest BCUT2D eigenvalue weighted by atomic mass is 16.5. The number of likely N-dealkylation sites (tertiary alicyclic amines) is 1. The normalized spacial score (nSPS) is 23.1. The standard InChI is InChI=1S/C16H25N3O3/c1-2-21-11-14-17-15(18-22-14)13-8-5-9-19(10-13)16(20)12-6-3-4-7-12/h12-13H,2-11H2,1H3. The van der Waals surface area contributed by atoms with E-state index in [1.807, 2.05) is 11.8 Å². The molecule has 0 radical (unpaired) electrons. The Labute approximate surface area is 131 Å². The minimum absolute atomic E-state index is 0.193. The van der Waals surface area contributed by atoms with E-state index < -0.39 is 0 Å². The van der Waals surface area contributed by atoms with Crippen molar-refractivity contribution in [3.63, 3.8) is 0 Å². The molecular formula is C16H25N3O3. The van der Waals surface area contributed by atoms with Crippen LogP contribution in [0.3, 0.4) is 0 Å². The van der Waals surface area contributed by atoms with E-state index in [0.717, 1.165) is 44.6 Å². The first-order chi connectivity index (χ1) is 10.8. The third-order valence-electron chi connectivity index (χ3n) is 4.72. The average Bonchev–Trinajstić information content (AvgIpc) is 3.24. The van der Waals surface area contributed by atoms with E-state index in [1.54, 1.807) is 0 Å². The fraction of sp³-hybridized carbons (Fsp3) is 0.812. The molecule has 0 aromatic carbocycles. The lowest BCUT2D eigenvalue weighted by Crippen LogP contribution is -2.42. The largest absolute Gasteiger partial charge is 0.372 e. The van der Waals surface area contributed by atoms with Gasteiger partial charge in [0.05, 0.1) is 0 Å². The Hall–Kier alpha value is -1.43. The monoisotopic (exact) mass is 307 g/mol. The number of piperidine rings is 1. The van der Waals surface area contributed by atoms with Crippen molar-refractivity contribution in [1.29, 1.82) is 0 Å². The van der Waals surface area contributed by atoms with Crippen LogP contribution in [0.5, 0.6) is 0 Å². The highest BCUT2D eigenvalue weighted by Gasteiger charge is 2.32. The van der Waals surface area contributed by atoms with Crippen molar-refractivity contribution in [3.8, 4) is 0 Å². The number of rotatable bonds is 5. The van der Waals surface area contributed by atoms with Gasteiger partial charge in [0, 0.05) is 31.5 Å². The summed E-state index contributed by atoms with van der Waals surface area (Å²) in [4.78, 5) is 19.0. The highest BCUT2D eigenvalue weighted by Crippen LogP contribution is 2.30. The Morgan fingerprint density at radius 3 is 2.91 bits per heavy atom. The van der Waals surface area contributed by atoms with Crippen LogP contribution < -0.4 is 0 Å². The number of hydrogen-bond donors (Lipinski definition) is 0. The highest BCUT2D eigenvalue weighted by molar-refractivity contribution is 5.79. The summed E-state index contributed by atoms with van der Waals surface area (Å²) in [6, 6.07) is 0. The van der Waals surface area contributed by atoms with Crippen molar-refractivity contribution >= 4 is 5.91 Å². The van der Waals surface area contributed by atoms with Gasteiger partial charge in [-0.25, -0.2) is 0 Å². The molecule has 1 amide bonds. The number of nitrogens with zero attached hydrogens (tertiary/aromatic N) is 3. The maximum absolute atomic E-state index is 12.6. The van der Waals surface area contributed by atoms with E-state index in [4.69, 9.17) is 9.26 Å². The van der Waals surface area contributed by atoms with Crippen LogP contribution in [0.2, 0.25) is 0 Å². The van der Waals surface area contributed by atoms with Gasteiger partial charge in [-0.15, -0.1) is 0 Å². The van der Waals surface area contributed by atoms with Gasteiger partial charge in [0.15, 0.2) is 5.82 Å². The zero-order chi connectivity index (χ0) is 15.4. The molecule has 3 rings (SSSR count). The van der Waals surface area contributed by atoms with Crippen molar-refractivity contribution in [2.45, 2.75) is 58.0 Å². The molecule has 0 bridgehead atoms. The molecule has 22 heavy (non-hydrogen) atoms. The van der Waals surface area contributed by atoms with Crippen LogP contribution >= 0.6 is 0 Å². The second kappa shape index (κ2) is 7.22. The maximum atomic E-state index is 12.6. The van der Waals surface area contributed by atoms with Crippen molar-refractivity contribution in [2.75, 3.05) is 19.7 Å². The summed E-state index contributed by atoms with van der Waals surface area (Å²) >= 11 is 0. The first kappa shape index (κ1) is 15.5. The van der Waals surface area contributed by atoms with Gasteiger partial charge >= 0.3 is 0 Å². The Morgan fingerprint density at radius 2 is 2.14 bits per heavy atom. The van der Waals surface area contributed by atoms with E-state index in [1.165, 1.54) is 12.8 Å². The van der Waals surface area contributed by atoms with Crippen molar-refractivity contribution < 1.29 is 14.1 Å². The van der Waals surface area contributed by atoms with E-state index in [-0.39, 0.29) is 11.8 Å². The topological polar surface area (TPSA) is 68.5 Å². The predicted molar refractivity (Wildman–Crippen MR) is 80.1 cm³/mol. The molecule has 1 aromatic rings. The van der Waals surface area contributed by atoms with Crippen LogP contribution in [0.1, 0.15) is 63.1 Å². The van der Waals surface area contributed by atoms with Crippen LogP contribution in [0.15, 0.2) is 4.52 Å². The van der Waals surface area contributed by atoms with Crippen molar-refractivity contribution in [2.24, 2.45) is 5.92 Å². The summed E-state index contributed by atoms with van der Waals surface area (Å²) in [7, 11) is 0. The van der Waals surface area contributed by atoms with E-state index in [0.29, 0.717) is 25.0 Å². The smallest absolute Gasteiger partial charge is 0.252 e. The third-order valence-corrected chi connectivity index (χ3v) is 4.72. The molecule has 1 saturated heterocycles. The Morgan fingerprint density at radius 1 is 1.32 bits per heavy atom. The molecule has 2 heterocycles. The van der Waals surface area contributed by atoms with E-state index in [2.05, 4.69) is 10.1 Å². The van der Waals surface area contributed by atoms with Gasteiger partial charge in [-0.3, -0.25) is 4.79 Å². The van der Waals surface area contributed by atoms with E-state index in [9.17, 15) is 4.79 Å². The van der Waals surface area contributed by atoms with Gasteiger partial charge in [0.2, 0.25) is 5.91 Å². The van der Waals surface area contributed by atoms with Gasteiger partial charge in [0.1, 0.15) is 6.61 Å². The average molecular weight is 307 g/mol. The molecule has 1 aromatic heterocycles. The summed E-state index contributed by atoms with van der Waals surface area (Å²) in [5.41, 5.74) is 0. The zero-order valence-electron chi connectivity index (χ0n) is 13.3. The van der Waals surface area contributed by atoms with Crippen molar-refractivity contribution in [3.05, 3.63) is 11.7 Å². The van der Waals surface area contributed by atoms with Crippen LogP contribution in [-0.2, 0) is 16.1 Å². The summed E-state index contributed by atoms with van der Waals surface area (Å²) in [5, 5.41) is 4.08. The molecule has 122 valence electrons. The quantitative estimate of drug-likeness (QED) is 0.836. The van der Waals surface area contributed by atoms with Crippen LogP contribution in [0.25, 0.3) is 0 Å². The Kier molecular flexibility index (Phi) is 5.08. The summed E-state index contributed by atoms with van der Waals surface area (Å²) in [5.74, 6) is 2.02. The second-order valence-electron chi connectivity index (χ2n) is 6.29. The number of hydrogen-bond acceptors (Lipinski definition) is 5. The molecule has 1 unspecified atom stereocenters. The fourth-order valence-electron chi connectivity index (χ4n) is 3.50. The molecule has 2 fully saturated rings. The molecule has 1 atom stereocenters. The van der Waals surface area contributed by atoms with Gasteiger partial charge in [-0.2, -0.15) is 4.98 Å². The molecule has 1 saturated carbocycles. The second-order valence-corrected chi connectivity index (χ2v) is 6.29. The first-order valence-corrected chi connectivity index (χ1v) is 8.47. The van der Waals surface area contributed by atoms with Gasteiger partial charge < -0.3 is 14.2 Å². The molecule has 2 aliphatic rings. The van der Waals surface area contributed by atoms with Gasteiger partial charge in [0.25, 0.3) is 5.89 Å². The van der Waals surface area contributed by atoms with Crippen LogP contribution in [0, 0.1) is 5.92 Å². The lowest BCUT2D eigenvalue weighted by molar-refractivity contribution is -0.136. The number of amides is 1. The molecule has 0 spiro atoms. The van der Waals surface area contributed by atoms with Crippen LogP contribution in [0.4, 0.5) is 0 Å².